The van der Waals surface area contributed by atoms with E-state index in [0.29, 0.717) is 44.2 Å². The molecule has 1 N–H and O–H groups in total. The molecule has 1 fully saturated rings. The molecule has 1 heterocycles. The van der Waals surface area contributed by atoms with E-state index in [-0.39, 0.29) is 29.0 Å². The fourth-order valence-corrected chi connectivity index (χ4v) is 4.98. The van der Waals surface area contributed by atoms with Crippen molar-refractivity contribution in [3.8, 4) is 5.75 Å². The summed E-state index contributed by atoms with van der Waals surface area (Å²) in [4.78, 5) is 12.4. The second kappa shape index (κ2) is 10.3. The van der Waals surface area contributed by atoms with Gasteiger partial charge in [0, 0.05) is 37.9 Å². The van der Waals surface area contributed by atoms with Gasteiger partial charge in [0.25, 0.3) is 0 Å². The van der Waals surface area contributed by atoms with Crippen LogP contribution in [0.1, 0.15) is 26.2 Å². The molecular weight excluding hydrogens is 392 g/mol. The lowest BCUT2D eigenvalue weighted by molar-refractivity contribution is -0.126. The van der Waals surface area contributed by atoms with E-state index in [4.69, 9.17) is 21.1 Å². The summed E-state index contributed by atoms with van der Waals surface area (Å²) in [6.45, 7) is 4.20. The van der Waals surface area contributed by atoms with E-state index in [0.717, 1.165) is 6.42 Å². The molecule has 0 aliphatic carbocycles. The Morgan fingerprint density at radius 1 is 1.41 bits per heavy atom. The lowest BCUT2D eigenvalue weighted by atomic mass is 9.99. The monoisotopic (exact) mass is 418 g/mol. The van der Waals surface area contributed by atoms with Gasteiger partial charge in [0.2, 0.25) is 15.9 Å². The van der Waals surface area contributed by atoms with Crippen molar-refractivity contribution < 1.29 is 22.7 Å². The maximum Gasteiger partial charge on any atom is 0.246 e. The van der Waals surface area contributed by atoms with Gasteiger partial charge in [-0.15, -0.1) is 0 Å². The number of carbonyl (C=O) groups excluding carboxylic acids is 1. The Morgan fingerprint density at radius 2 is 2.19 bits per heavy atom. The lowest BCUT2D eigenvalue weighted by Gasteiger charge is -2.31. The molecule has 9 heteroatoms. The second-order valence-corrected chi connectivity index (χ2v) is 8.68. The number of amides is 1. The fourth-order valence-electron chi connectivity index (χ4n) is 3.04. The number of nitrogens with one attached hydrogen (secondary N) is 1. The third-order valence-electron chi connectivity index (χ3n) is 4.47. The zero-order chi connectivity index (χ0) is 19.9. The average molecular weight is 419 g/mol. The summed E-state index contributed by atoms with van der Waals surface area (Å²) in [5, 5.41) is 3.18. The molecule has 0 bridgehead atoms. The Labute approximate surface area is 166 Å². The van der Waals surface area contributed by atoms with Crippen molar-refractivity contribution in [2.75, 3.05) is 40.0 Å². The molecule has 27 heavy (non-hydrogen) atoms. The number of rotatable bonds is 9. The van der Waals surface area contributed by atoms with Gasteiger partial charge in [-0.25, -0.2) is 8.42 Å². The molecule has 152 valence electrons. The minimum Gasteiger partial charge on any atom is -0.495 e. The zero-order valence-corrected chi connectivity index (χ0v) is 17.3. The number of ether oxygens (including phenoxy) is 2. The smallest absolute Gasteiger partial charge is 0.246 e. The number of hydrogen-bond donors (Lipinski definition) is 1. The summed E-state index contributed by atoms with van der Waals surface area (Å²) in [6.07, 6.45) is 2.02. The first-order valence-electron chi connectivity index (χ1n) is 9.09. The number of carbonyl (C=O) groups is 1. The molecular formula is C18H27ClN2O5S. The van der Waals surface area contributed by atoms with Gasteiger partial charge >= 0.3 is 0 Å². The number of methoxy groups -OCH3 is 1. The first kappa shape index (κ1) is 21.9. The minimum atomic E-state index is -3.80. The Kier molecular flexibility index (Phi) is 8.34. The van der Waals surface area contributed by atoms with Crippen LogP contribution < -0.4 is 10.1 Å². The third-order valence-corrected chi connectivity index (χ3v) is 6.59. The van der Waals surface area contributed by atoms with Crippen LogP contribution in [0.4, 0.5) is 0 Å². The maximum absolute atomic E-state index is 13.1. The van der Waals surface area contributed by atoms with E-state index in [1.54, 1.807) is 6.07 Å². The number of benzene rings is 1. The summed E-state index contributed by atoms with van der Waals surface area (Å²) in [7, 11) is -2.39. The molecule has 1 atom stereocenters. The SMILES string of the molecule is CCOCCCNC(=O)[C@H]1CCCN(S(=O)(=O)c2cc(Cl)ccc2OC)C1. The normalized spacial score (nSPS) is 18.3. The van der Waals surface area contributed by atoms with E-state index in [1.807, 2.05) is 6.92 Å². The molecule has 0 radical (unpaired) electrons. The first-order chi connectivity index (χ1) is 12.9. The van der Waals surface area contributed by atoms with Crippen molar-refractivity contribution in [2.24, 2.45) is 5.92 Å². The van der Waals surface area contributed by atoms with Gasteiger partial charge < -0.3 is 14.8 Å². The molecule has 0 unspecified atom stereocenters. The summed E-state index contributed by atoms with van der Waals surface area (Å²) >= 11 is 5.98. The highest BCUT2D eigenvalue weighted by Crippen LogP contribution is 2.31. The highest BCUT2D eigenvalue weighted by Gasteiger charge is 2.34. The van der Waals surface area contributed by atoms with E-state index < -0.39 is 10.0 Å². The van der Waals surface area contributed by atoms with Crippen LogP contribution >= 0.6 is 11.6 Å². The standard InChI is InChI=1S/C18H27ClN2O5S/c1-3-26-11-5-9-20-18(22)14-6-4-10-21(13-14)27(23,24)17-12-15(19)7-8-16(17)25-2/h7-8,12,14H,3-6,9-11,13H2,1-2H3,(H,20,22)/t14-/m0/s1. The van der Waals surface area contributed by atoms with Gasteiger partial charge in [-0.1, -0.05) is 11.6 Å². The molecule has 0 saturated carbocycles. The van der Waals surface area contributed by atoms with E-state index in [1.165, 1.54) is 23.5 Å². The third kappa shape index (κ3) is 5.81. The summed E-state index contributed by atoms with van der Waals surface area (Å²) in [5.41, 5.74) is 0. The molecule has 1 amide bonds. The highest BCUT2D eigenvalue weighted by atomic mass is 35.5. The van der Waals surface area contributed by atoms with Crippen LogP contribution in [0.3, 0.4) is 0 Å². The minimum absolute atomic E-state index is 0.0234. The largest absolute Gasteiger partial charge is 0.495 e. The van der Waals surface area contributed by atoms with Crippen LogP contribution in [0.2, 0.25) is 5.02 Å². The molecule has 1 aliphatic rings. The molecule has 0 spiro atoms. The zero-order valence-electron chi connectivity index (χ0n) is 15.7. The average Bonchev–Trinajstić information content (AvgIpc) is 2.67. The molecule has 1 aliphatic heterocycles. The Morgan fingerprint density at radius 3 is 2.89 bits per heavy atom. The quantitative estimate of drug-likeness (QED) is 0.622. The fraction of sp³-hybridized carbons (Fsp3) is 0.611. The first-order valence-corrected chi connectivity index (χ1v) is 10.9. The van der Waals surface area contributed by atoms with E-state index >= 15 is 0 Å². The van der Waals surface area contributed by atoms with E-state index in [2.05, 4.69) is 5.32 Å². The van der Waals surface area contributed by atoms with Crippen molar-refractivity contribution in [1.82, 2.24) is 9.62 Å². The van der Waals surface area contributed by atoms with Gasteiger partial charge in [0.05, 0.1) is 13.0 Å². The van der Waals surface area contributed by atoms with Crippen LogP contribution in [0.15, 0.2) is 23.1 Å². The van der Waals surface area contributed by atoms with Gasteiger partial charge in [0.1, 0.15) is 10.6 Å². The van der Waals surface area contributed by atoms with E-state index in [9.17, 15) is 13.2 Å². The summed E-state index contributed by atoms with van der Waals surface area (Å²) in [5.74, 6) is -0.253. The van der Waals surface area contributed by atoms with Crippen molar-refractivity contribution >= 4 is 27.5 Å². The van der Waals surface area contributed by atoms with Crippen molar-refractivity contribution in [2.45, 2.75) is 31.1 Å². The molecule has 1 aromatic carbocycles. The number of halogens is 1. The summed E-state index contributed by atoms with van der Waals surface area (Å²) in [6, 6.07) is 4.49. The molecule has 0 aromatic heterocycles. The predicted octanol–water partition coefficient (Wildman–Crippen LogP) is 2.29. The van der Waals surface area contributed by atoms with Gasteiger partial charge in [-0.2, -0.15) is 4.31 Å². The Hall–Kier alpha value is -1.35. The van der Waals surface area contributed by atoms with Gasteiger partial charge in [0.15, 0.2) is 0 Å². The Balaban J connectivity index is 2.04. The predicted molar refractivity (Wildman–Crippen MR) is 104 cm³/mol. The topological polar surface area (TPSA) is 84.9 Å². The summed E-state index contributed by atoms with van der Waals surface area (Å²) < 4.78 is 37.9. The van der Waals surface area contributed by atoms with Crippen LogP contribution in [-0.4, -0.2) is 58.6 Å². The lowest BCUT2D eigenvalue weighted by Crippen LogP contribution is -2.45. The Bertz CT molecular complexity index is 741. The highest BCUT2D eigenvalue weighted by molar-refractivity contribution is 7.89. The van der Waals surface area contributed by atoms with Gasteiger partial charge in [-0.05, 0) is 44.4 Å². The van der Waals surface area contributed by atoms with Crippen LogP contribution in [0, 0.1) is 5.92 Å². The van der Waals surface area contributed by atoms with Crippen molar-refractivity contribution in [3.05, 3.63) is 23.2 Å². The number of nitrogens with zero attached hydrogens (tertiary/aromatic N) is 1. The van der Waals surface area contributed by atoms with Crippen LogP contribution in [-0.2, 0) is 19.6 Å². The maximum atomic E-state index is 13.1. The number of hydrogen-bond acceptors (Lipinski definition) is 5. The molecule has 2 rings (SSSR count). The second-order valence-electron chi connectivity index (χ2n) is 6.34. The number of sulfonamides is 1. The van der Waals surface area contributed by atoms with Crippen molar-refractivity contribution in [1.29, 1.82) is 0 Å². The van der Waals surface area contributed by atoms with Crippen LogP contribution in [0.25, 0.3) is 0 Å². The molecule has 1 aromatic rings. The van der Waals surface area contributed by atoms with Crippen LogP contribution in [0.5, 0.6) is 5.75 Å². The number of piperidine rings is 1. The molecule has 7 nitrogen and oxygen atoms in total. The molecule has 1 saturated heterocycles. The van der Waals surface area contributed by atoms with Gasteiger partial charge in [-0.3, -0.25) is 4.79 Å². The van der Waals surface area contributed by atoms with Crippen molar-refractivity contribution in [3.63, 3.8) is 0 Å².